The number of urea groups is 1. The molecule has 24 heavy (non-hydrogen) atoms. The average Bonchev–Trinajstić information content (AvgIpc) is 3.05. The molecule has 1 aliphatic heterocycles. The van der Waals surface area contributed by atoms with E-state index in [2.05, 4.69) is 5.32 Å². The molecule has 4 amide bonds. The highest BCUT2D eigenvalue weighted by Gasteiger charge is 2.37. The number of hydrogen-bond donors (Lipinski definition) is 1. The van der Waals surface area contributed by atoms with Crippen molar-refractivity contribution in [2.24, 2.45) is 0 Å². The highest BCUT2D eigenvalue weighted by Crippen LogP contribution is 2.28. The molecule has 1 fully saturated rings. The largest absolute Gasteiger partial charge is 0.465 e. The third kappa shape index (κ3) is 3.00. The molecule has 0 bridgehead atoms. The van der Waals surface area contributed by atoms with Gasteiger partial charge in [-0.3, -0.25) is 14.9 Å². The van der Waals surface area contributed by atoms with Crippen LogP contribution in [0.1, 0.15) is 5.76 Å². The minimum atomic E-state index is -0.842. The first kappa shape index (κ1) is 15.8. The van der Waals surface area contributed by atoms with Gasteiger partial charge in [-0.05, 0) is 36.4 Å². The fraction of sp³-hybridized carbons (Fsp3) is 0. The number of barbiturate groups is 1. The van der Waals surface area contributed by atoms with E-state index < -0.39 is 17.8 Å². The number of anilines is 1. The molecule has 2 aromatic rings. The van der Waals surface area contributed by atoms with Crippen molar-refractivity contribution in [2.45, 2.75) is 0 Å². The zero-order valence-electron chi connectivity index (χ0n) is 12.2. The summed E-state index contributed by atoms with van der Waals surface area (Å²) in [6.07, 6.45) is 5.90. The van der Waals surface area contributed by atoms with Crippen LogP contribution in [0.3, 0.4) is 0 Å². The smallest absolute Gasteiger partial charge is 0.335 e. The number of nitrogens with one attached hydrogen (secondary N) is 1. The van der Waals surface area contributed by atoms with Crippen molar-refractivity contribution >= 4 is 41.2 Å². The quantitative estimate of drug-likeness (QED) is 0.686. The van der Waals surface area contributed by atoms with Gasteiger partial charge >= 0.3 is 6.03 Å². The number of rotatable bonds is 3. The summed E-state index contributed by atoms with van der Waals surface area (Å²) < 4.78 is 5.12. The van der Waals surface area contributed by atoms with Gasteiger partial charge in [0, 0.05) is 0 Å². The Bertz CT molecular complexity index is 868. The number of hydrogen-bond acceptors (Lipinski definition) is 4. The summed E-state index contributed by atoms with van der Waals surface area (Å²) in [6.45, 7) is 0. The van der Waals surface area contributed by atoms with Gasteiger partial charge in [0.25, 0.3) is 11.8 Å². The number of halogens is 1. The van der Waals surface area contributed by atoms with Crippen LogP contribution in [0.2, 0.25) is 5.02 Å². The lowest BCUT2D eigenvalue weighted by atomic mass is 10.1. The van der Waals surface area contributed by atoms with E-state index in [1.165, 1.54) is 24.5 Å². The molecule has 1 saturated heterocycles. The number of benzene rings is 1. The zero-order valence-corrected chi connectivity index (χ0v) is 13.0. The third-order valence-corrected chi connectivity index (χ3v) is 3.58. The molecule has 2 heterocycles. The first-order valence-electron chi connectivity index (χ1n) is 6.94. The Morgan fingerprint density at radius 2 is 1.88 bits per heavy atom. The van der Waals surface area contributed by atoms with Crippen LogP contribution in [0.25, 0.3) is 6.08 Å². The molecule has 1 aromatic carbocycles. The molecule has 0 aliphatic carbocycles. The monoisotopic (exact) mass is 342 g/mol. The first-order valence-corrected chi connectivity index (χ1v) is 7.32. The average molecular weight is 343 g/mol. The van der Waals surface area contributed by atoms with Gasteiger partial charge in [0.2, 0.25) is 0 Å². The van der Waals surface area contributed by atoms with E-state index in [0.29, 0.717) is 5.76 Å². The van der Waals surface area contributed by atoms with Crippen molar-refractivity contribution < 1.29 is 18.8 Å². The van der Waals surface area contributed by atoms with Crippen LogP contribution >= 0.6 is 11.6 Å². The molecule has 0 atom stereocenters. The van der Waals surface area contributed by atoms with Crippen LogP contribution in [0.5, 0.6) is 0 Å². The predicted molar refractivity (Wildman–Crippen MR) is 88.3 cm³/mol. The minimum absolute atomic E-state index is 0.183. The third-order valence-electron chi connectivity index (χ3n) is 3.26. The summed E-state index contributed by atoms with van der Waals surface area (Å²) in [5.41, 5.74) is 0.0207. The van der Waals surface area contributed by atoms with E-state index in [1.807, 2.05) is 0 Å². The second-order valence-corrected chi connectivity index (χ2v) is 5.21. The minimum Gasteiger partial charge on any atom is -0.465 e. The Kier molecular flexibility index (Phi) is 4.31. The molecular weight excluding hydrogens is 332 g/mol. The summed E-state index contributed by atoms with van der Waals surface area (Å²) in [5, 5.41) is 2.35. The Balaban J connectivity index is 1.93. The fourth-order valence-electron chi connectivity index (χ4n) is 2.15. The molecule has 0 spiro atoms. The SMILES string of the molecule is O=C1NC(=O)N(c2ccccc2Cl)C(=O)/C1=C/C=C/c1ccco1. The van der Waals surface area contributed by atoms with Crippen LogP contribution in [0.4, 0.5) is 10.5 Å². The number of carbonyl (C=O) groups excluding carboxylic acids is 3. The molecule has 3 rings (SSSR count). The van der Waals surface area contributed by atoms with Gasteiger partial charge in [0.1, 0.15) is 11.3 Å². The molecule has 0 unspecified atom stereocenters. The molecule has 0 saturated carbocycles. The molecule has 1 aliphatic rings. The van der Waals surface area contributed by atoms with Crippen molar-refractivity contribution in [2.75, 3.05) is 4.90 Å². The first-order chi connectivity index (χ1) is 11.6. The highest BCUT2D eigenvalue weighted by atomic mass is 35.5. The van der Waals surface area contributed by atoms with Crippen LogP contribution < -0.4 is 10.2 Å². The highest BCUT2D eigenvalue weighted by molar-refractivity contribution is 6.41. The Hall–Kier alpha value is -3.12. The van der Waals surface area contributed by atoms with Crippen molar-refractivity contribution in [1.29, 1.82) is 0 Å². The van der Waals surface area contributed by atoms with Crippen molar-refractivity contribution in [3.8, 4) is 0 Å². The lowest BCUT2D eigenvalue weighted by Crippen LogP contribution is -2.54. The fourth-order valence-corrected chi connectivity index (χ4v) is 2.37. The van der Waals surface area contributed by atoms with E-state index in [0.717, 1.165) is 4.90 Å². The maximum Gasteiger partial charge on any atom is 0.335 e. The Morgan fingerprint density at radius 1 is 1.08 bits per heavy atom. The van der Waals surface area contributed by atoms with Crippen LogP contribution in [-0.4, -0.2) is 17.8 Å². The molecule has 7 heteroatoms. The molecule has 1 aromatic heterocycles. The van der Waals surface area contributed by atoms with Crippen molar-refractivity contribution in [1.82, 2.24) is 5.32 Å². The Morgan fingerprint density at radius 3 is 2.58 bits per heavy atom. The summed E-state index contributed by atoms with van der Waals surface area (Å²) in [5.74, 6) is -0.951. The molecular formula is C17H11ClN2O4. The zero-order chi connectivity index (χ0) is 17.1. The number of imide groups is 2. The molecule has 6 nitrogen and oxygen atoms in total. The number of carbonyl (C=O) groups is 3. The number of amides is 4. The van der Waals surface area contributed by atoms with Crippen molar-refractivity contribution in [3.63, 3.8) is 0 Å². The van der Waals surface area contributed by atoms with Gasteiger partial charge in [-0.25, -0.2) is 9.69 Å². The van der Waals surface area contributed by atoms with Crippen molar-refractivity contribution in [3.05, 3.63) is 71.2 Å². The Labute approximate surface area is 142 Å². The van der Waals surface area contributed by atoms with E-state index in [-0.39, 0.29) is 16.3 Å². The summed E-state index contributed by atoms with van der Waals surface area (Å²) in [4.78, 5) is 37.3. The topological polar surface area (TPSA) is 79.6 Å². The second kappa shape index (κ2) is 6.55. The number of nitrogens with zero attached hydrogens (tertiary/aromatic N) is 1. The van der Waals surface area contributed by atoms with Crippen LogP contribution in [0.15, 0.2) is 64.8 Å². The molecule has 1 N–H and O–H groups in total. The summed E-state index contributed by atoms with van der Waals surface area (Å²) in [7, 11) is 0. The number of furan rings is 1. The normalized spacial score (nSPS) is 17.0. The summed E-state index contributed by atoms with van der Waals surface area (Å²) in [6, 6.07) is 8.97. The lowest BCUT2D eigenvalue weighted by Gasteiger charge is -2.26. The van der Waals surface area contributed by atoms with Gasteiger partial charge in [-0.2, -0.15) is 0 Å². The van der Waals surface area contributed by atoms with Gasteiger partial charge in [-0.15, -0.1) is 0 Å². The van der Waals surface area contributed by atoms with Crippen LogP contribution in [0, 0.1) is 0 Å². The van der Waals surface area contributed by atoms with E-state index >= 15 is 0 Å². The number of allylic oxidation sites excluding steroid dienone is 2. The van der Waals surface area contributed by atoms with Gasteiger partial charge in [-0.1, -0.05) is 29.8 Å². The van der Waals surface area contributed by atoms with E-state index in [4.69, 9.17) is 16.0 Å². The van der Waals surface area contributed by atoms with Crippen LogP contribution in [-0.2, 0) is 9.59 Å². The number of para-hydroxylation sites is 1. The van der Waals surface area contributed by atoms with E-state index in [9.17, 15) is 14.4 Å². The van der Waals surface area contributed by atoms with E-state index in [1.54, 1.807) is 36.4 Å². The van der Waals surface area contributed by atoms with Gasteiger partial charge < -0.3 is 4.42 Å². The lowest BCUT2D eigenvalue weighted by molar-refractivity contribution is -0.122. The predicted octanol–water partition coefficient (Wildman–Crippen LogP) is 3.16. The maximum absolute atomic E-state index is 12.6. The molecule has 120 valence electrons. The standard InChI is InChI=1S/C17H11ClN2O4/c18-13-8-1-2-9-14(13)20-16(22)12(15(21)19-17(20)23)7-3-5-11-6-4-10-24-11/h1-10H,(H,19,21,23)/b5-3+,12-7+. The maximum atomic E-state index is 12.6. The second-order valence-electron chi connectivity index (χ2n) is 4.81. The molecule has 0 radical (unpaired) electrons. The van der Waals surface area contributed by atoms with Gasteiger partial charge in [0.05, 0.1) is 17.0 Å². The summed E-state index contributed by atoms with van der Waals surface area (Å²) >= 11 is 6.04. The van der Waals surface area contributed by atoms with Gasteiger partial charge in [0.15, 0.2) is 0 Å².